The average Bonchev–Trinajstić information content (AvgIpc) is 3.00. The van der Waals surface area contributed by atoms with Crippen LogP contribution in [-0.2, 0) is 14.3 Å². The number of benzene rings is 2. The molecule has 1 heterocycles. The summed E-state index contributed by atoms with van der Waals surface area (Å²) in [6.07, 6.45) is 1.73. The minimum absolute atomic E-state index is 0.197. The molecule has 3 rings (SSSR count). The number of methoxy groups -OCH3 is 1. The molecule has 2 aromatic rings. The predicted octanol–water partition coefficient (Wildman–Crippen LogP) is 4.81. The van der Waals surface area contributed by atoms with Crippen molar-refractivity contribution < 1.29 is 23.8 Å². The van der Waals surface area contributed by atoms with Gasteiger partial charge in [0.15, 0.2) is 22.4 Å². The van der Waals surface area contributed by atoms with Crippen molar-refractivity contribution in [1.29, 1.82) is 0 Å². The van der Waals surface area contributed by atoms with Crippen LogP contribution in [0.15, 0.2) is 51.8 Å². The van der Waals surface area contributed by atoms with Crippen LogP contribution in [0.3, 0.4) is 0 Å². The second-order valence-electron chi connectivity index (χ2n) is 6.00. The van der Waals surface area contributed by atoms with Crippen LogP contribution in [0, 0.1) is 0 Å². The molecule has 1 saturated heterocycles. The first-order valence-electron chi connectivity index (χ1n) is 8.93. The third-order valence-corrected chi connectivity index (χ3v) is 5.85. The number of rotatable bonds is 7. The van der Waals surface area contributed by atoms with E-state index in [2.05, 4.69) is 15.9 Å². The second kappa shape index (κ2) is 10.1. The summed E-state index contributed by atoms with van der Waals surface area (Å²) >= 11 is 10.0. The van der Waals surface area contributed by atoms with E-state index < -0.39 is 5.97 Å². The van der Waals surface area contributed by atoms with Crippen molar-refractivity contribution in [1.82, 2.24) is 0 Å². The van der Waals surface area contributed by atoms with Crippen molar-refractivity contribution in [2.75, 3.05) is 25.2 Å². The van der Waals surface area contributed by atoms with Gasteiger partial charge >= 0.3 is 5.97 Å². The van der Waals surface area contributed by atoms with Crippen LogP contribution in [-0.4, -0.2) is 36.5 Å². The molecular formula is C21H18BrNO5S2. The zero-order valence-corrected chi connectivity index (χ0v) is 19.4. The number of nitrogens with zero attached hydrogens (tertiary/aromatic N) is 1. The summed E-state index contributed by atoms with van der Waals surface area (Å²) < 4.78 is 17.1. The van der Waals surface area contributed by atoms with Crippen molar-refractivity contribution in [3.63, 3.8) is 0 Å². The number of thioether (sulfide) groups is 1. The largest absolute Gasteiger partial charge is 0.493 e. The molecule has 9 heteroatoms. The maximum Gasteiger partial charge on any atom is 0.344 e. The Labute approximate surface area is 192 Å². The predicted molar refractivity (Wildman–Crippen MR) is 125 cm³/mol. The molecular weight excluding hydrogens is 490 g/mol. The Kier molecular flexibility index (Phi) is 7.52. The van der Waals surface area contributed by atoms with Gasteiger partial charge in [-0.3, -0.25) is 9.69 Å². The fraction of sp³-hybridized carbons (Fsp3) is 0.190. The molecule has 0 N–H and O–H groups in total. The molecule has 0 aromatic heterocycles. The van der Waals surface area contributed by atoms with Gasteiger partial charge in [0.05, 0.1) is 24.3 Å². The van der Waals surface area contributed by atoms with E-state index in [4.69, 9.17) is 26.4 Å². The number of amides is 1. The molecule has 0 saturated carbocycles. The van der Waals surface area contributed by atoms with E-state index in [1.165, 1.54) is 23.8 Å². The van der Waals surface area contributed by atoms with Crippen molar-refractivity contribution in [3.05, 3.63) is 57.4 Å². The first-order chi connectivity index (χ1) is 14.4. The van der Waals surface area contributed by atoms with Gasteiger partial charge in [0.25, 0.3) is 5.91 Å². The topological polar surface area (TPSA) is 65.1 Å². The maximum absolute atomic E-state index is 12.9. The molecule has 0 aliphatic carbocycles. The zero-order chi connectivity index (χ0) is 21.7. The van der Waals surface area contributed by atoms with Gasteiger partial charge in [0, 0.05) is 4.47 Å². The Morgan fingerprint density at radius 1 is 1.20 bits per heavy atom. The quantitative estimate of drug-likeness (QED) is 0.302. The average molecular weight is 508 g/mol. The number of anilines is 1. The summed E-state index contributed by atoms with van der Waals surface area (Å²) in [6, 6.07) is 12.6. The van der Waals surface area contributed by atoms with Gasteiger partial charge in [-0.1, -0.05) is 46.0 Å². The molecule has 0 radical (unpaired) electrons. The summed E-state index contributed by atoms with van der Waals surface area (Å²) in [5.74, 6) is 0.180. The van der Waals surface area contributed by atoms with Crippen LogP contribution in [0.1, 0.15) is 12.5 Å². The highest BCUT2D eigenvalue weighted by molar-refractivity contribution is 9.10. The highest BCUT2D eigenvalue weighted by atomic mass is 79.9. The maximum atomic E-state index is 12.9. The molecule has 0 bridgehead atoms. The minimum Gasteiger partial charge on any atom is -0.493 e. The molecule has 156 valence electrons. The fourth-order valence-corrected chi connectivity index (χ4v) is 4.23. The Bertz CT molecular complexity index is 1010. The first kappa shape index (κ1) is 22.3. The van der Waals surface area contributed by atoms with E-state index in [9.17, 15) is 9.59 Å². The summed E-state index contributed by atoms with van der Waals surface area (Å²) in [4.78, 5) is 26.5. The minimum atomic E-state index is -0.472. The Balaban J connectivity index is 1.83. The molecule has 1 aliphatic heterocycles. The monoisotopic (exact) mass is 507 g/mol. The number of esters is 1. The van der Waals surface area contributed by atoms with Gasteiger partial charge in [-0.2, -0.15) is 0 Å². The smallest absolute Gasteiger partial charge is 0.344 e. The lowest BCUT2D eigenvalue weighted by Crippen LogP contribution is -2.27. The Morgan fingerprint density at radius 3 is 2.60 bits per heavy atom. The normalized spacial score (nSPS) is 14.9. The van der Waals surface area contributed by atoms with Crippen molar-refractivity contribution in [3.8, 4) is 11.5 Å². The van der Waals surface area contributed by atoms with E-state index in [1.54, 1.807) is 31.2 Å². The summed E-state index contributed by atoms with van der Waals surface area (Å²) in [6.45, 7) is 1.77. The molecule has 0 unspecified atom stereocenters. The van der Waals surface area contributed by atoms with Crippen molar-refractivity contribution in [2.45, 2.75) is 6.92 Å². The third kappa shape index (κ3) is 5.21. The number of carbonyl (C=O) groups is 2. The van der Waals surface area contributed by atoms with E-state index in [0.717, 1.165) is 4.47 Å². The standard InChI is InChI=1S/C21H18BrNO5S2/c1-3-27-19(24)12-28-17-10-13(4-9-16(17)26-2)11-18-20(25)23(21(29)30-18)15-7-5-14(22)6-8-15/h4-11H,3,12H2,1-2H3/b18-11-. The first-order valence-corrected chi connectivity index (χ1v) is 10.9. The Hall–Kier alpha value is -2.36. The molecule has 1 fully saturated rings. The molecule has 0 spiro atoms. The van der Waals surface area contributed by atoms with Crippen molar-refractivity contribution in [2.24, 2.45) is 0 Å². The molecule has 0 atom stereocenters. The van der Waals surface area contributed by atoms with Crippen LogP contribution in [0.2, 0.25) is 0 Å². The van der Waals surface area contributed by atoms with Crippen LogP contribution in [0.4, 0.5) is 5.69 Å². The Morgan fingerprint density at radius 2 is 1.93 bits per heavy atom. The van der Waals surface area contributed by atoms with Crippen LogP contribution in [0.25, 0.3) is 6.08 Å². The van der Waals surface area contributed by atoms with E-state index in [-0.39, 0.29) is 19.1 Å². The number of hydrogen-bond acceptors (Lipinski definition) is 7. The second-order valence-corrected chi connectivity index (χ2v) is 8.59. The molecule has 1 aliphatic rings. The molecule has 6 nitrogen and oxygen atoms in total. The van der Waals surface area contributed by atoms with Gasteiger partial charge in [-0.15, -0.1) is 0 Å². The fourth-order valence-electron chi connectivity index (χ4n) is 2.67. The van der Waals surface area contributed by atoms with E-state index >= 15 is 0 Å². The summed E-state index contributed by atoms with van der Waals surface area (Å²) in [7, 11) is 1.51. The lowest BCUT2D eigenvalue weighted by atomic mass is 10.2. The number of ether oxygens (including phenoxy) is 3. The number of carbonyl (C=O) groups excluding carboxylic acids is 2. The van der Waals surface area contributed by atoms with Crippen LogP contribution < -0.4 is 14.4 Å². The lowest BCUT2D eigenvalue weighted by molar-refractivity contribution is -0.145. The number of halogens is 1. The van der Waals surface area contributed by atoms with E-state index in [0.29, 0.717) is 32.0 Å². The molecule has 30 heavy (non-hydrogen) atoms. The lowest BCUT2D eigenvalue weighted by Gasteiger charge is -2.14. The summed E-state index contributed by atoms with van der Waals surface area (Å²) in [5.41, 5.74) is 1.42. The van der Waals surface area contributed by atoms with Crippen LogP contribution >= 0.6 is 39.9 Å². The van der Waals surface area contributed by atoms with Gasteiger partial charge in [0.1, 0.15) is 0 Å². The van der Waals surface area contributed by atoms with Gasteiger partial charge < -0.3 is 14.2 Å². The third-order valence-electron chi connectivity index (χ3n) is 4.01. The van der Waals surface area contributed by atoms with Gasteiger partial charge in [0.2, 0.25) is 0 Å². The number of thiocarbonyl (C=S) groups is 1. The molecule has 2 aromatic carbocycles. The molecule has 1 amide bonds. The highest BCUT2D eigenvalue weighted by Gasteiger charge is 2.33. The summed E-state index contributed by atoms with van der Waals surface area (Å²) in [5, 5.41) is 0. The van der Waals surface area contributed by atoms with Crippen molar-refractivity contribution >= 4 is 67.9 Å². The van der Waals surface area contributed by atoms with E-state index in [1.807, 2.05) is 24.3 Å². The highest BCUT2D eigenvalue weighted by Crippen LogP contribution is 2.37. The van der Waals surface area contributed by atoms with Crippen LogP contribution in [0.5, 0.6) is 11.5 Å². The number of hydrogen-bond donors (Lipinski definition) is 0. The zero-order valence-electron chi connectivity index (χ0n) is 16.2. The SMILES string of the molecule is CCOC(=O)COc1cc(/C=C2\SC(=S)N(c3ccc(Br)cc3)C2=O)ccc1OC. The van der Waals surface area contributed by atoms with Gasteiger partial charge in [-0.25, -0.2) is 4.79 Å². The van der Waals surface area contributed by atoms with Gasteiger partial charge in [-0.05, 0) is 55.0 Å².